The van der Waals surface area contributed by atoms with Crippen LogP contribution in [-0.2, 0) is 36.1 Å². The molecule has 2 aliphatic rings. The number of hydrogen-bond acceptors (Lipinski definition) is 14. The third kappa shape index (κ3) is 6.67. The van der Waals surface area contributed by atoms with Crippen molar-refractivity contribution in [2.75, 3.05) is 18.8 Å². The van der Waals surface area contributed by atoms with Gasteiger partial charge < -0.3 is 32.0 Å². The molecule has 0 bridgehead atoms. The van der Waals surface area contributed by atoms with E-state index in [-0.39, 0.29) is 40.6 Å². The van der Waals surface area contributed by atoms with Crippen LogP contribution in [0.25, 0.3) is 0 Å². The monoisotopic (exact) mass is 628 g/mol. The van der Waals surface area contributed by atoms with E-state index in [4.69, 9.17) is 16.3 Å². The van der Waals surface area contributed by atoms with Crippen LogP contribution in [0, 0.1) is 0 Å². The minimum absolute atomic E-state index is 0.0435. The van der Waals surface area contributed by atoms with Gasteiger partial charge in [0.1, 0.15) is 17.8 Å². The summed E-state index contributed by atoms with van der Waals surface area (Å²) < 4.78 is 33.8. The molecule has 0 aromatic carbocycles. The Morgan fingerprint density at radius 1 is 1.36 bits per heavy atom. The van der Waals surface area contributed by atoms with Gasteiger partial charge in [0.15, 0.2) is 10.8 Å². The van der Waals surface area contributed by atoms with Crippen molar-refractivity contribution in [1.29, 1.82) is 0 Å². The summed E-state index contributed by atoms with van der Waals surface area (Å²) in [5.74, 6) is -3.37. The molecule has 20 heteroatoms. The van der Waals surface area contributed by atoms with Gasteiger partial charge in [-0.05, 0) is 39.3 Å². The average molecular weight is 629 g/mol. The maximum Gasteiger partial charge on any atom is 0.362 e. The van der Waals surface area contributed by atoms with Crippen LogP contribution >= 0.6 is 11.3 Å². The Labute approximate surface area is 244 Å². The van der Waals surface area contributed by atoms with E-state index in [1.807, 2.05) is 6.92 Å². The fourth-order valence-corrected chi connectivity index (χ4v) is 6.08. The van der Waals surface area contributed by atoms with Crippen LogP contribution in [0.4, 0.5) is 5.13 Å². The Bertz CT molecular complexity index is 1450. The molecule has 0 unspecified atom stereocenters. The zero-order valence-corrected chi connectivity index (χ0v) is 24.2. The molecule has 0 spiro atoms. The number of nitrogens with two attached hydrogens (primary N) is 2. The van der Waals surface area contributed by atoms with Gasteiger partial charge in [0, 0.05) is 18.2 Å². The molecule has 1 saturated carbocycles. The third-order valence-electron chi connectivity index (χ3n) is 6.98. The second-order valence-corrected chi connectivity index (χ2v) is 12.1. The van der Waals surface area contributed by atoms with Gasteiger partial charge in [-0.15, -0.1) is 11.3 Å². The number of carbonyl (C=O) groups excluding carboxylic acids is 2. The van der Waals surface area contributed by atoms with Gasteiger partial charge in [0.25, 0.3) is 11.8 Å². The Balaban J connectivity index is 1.55. The zero-order valence-electron chi connectivity index (χ0n) is 22.5. The maximum atomic E-state index is 13.4. The molecule has 1 saturated heterocycles. The highest BCUT2D eigenvalue weighted by Crippen LogP contribution is 2.34. The number of hydrogen-bond donors (Lipinski definition) is 6. The van der Waals surface area contributed by atoms with Crippen LogP contribution in [0.3, 0.4) is 0 Å². The van der Waals surface area contributed by atoms with Gasteiger partial charge in [-0.2, -0.15) is 23.4 Å². The summed E-state index contributed by atoms with van der Waals surface area (Å²) in [5, 5.41) is 29.0. The lowest BCUT2D eigenvalue weighted by molar-refractivity contribution is -0.165. The number of nitrogens with zero attached hydrogens (tertiary/aromatic N) is 6. The number of thiazole rings is 1. The van der Waals surface area contributed by atoms with Gasteiger partial charge in [-0.25, -0.2) is 14.1 Å². The van der Waals surface area contributed by atoms with E-state index >= 15 is 0 Å². The summed E-state index contributed by atoms with van der Waals surface area (Å²) >= 11 is 0.985. The number of nitrogens with one attached hydrogen (secondary N) is 2. The second-order valence-electron chi connectivity index (χ2n) is 9.88. The third-order valence-corrected chi connectivity index (χ3v) is 8.60. The molecule has 2 amide bonds. The normalized spacial score (nSPS) is 21.2. The molecule has 0 radical (unpaired) electrons. The molecule has 18 nitrogen and oxygen atoms in total. The Hall–Kier alpha value is -3.72. The van der Waals surface area contributed by atoms with Crippen LogP contribution in [0.2, 0.25) is 0 Å². The number of β-lactam (4-membered cyclic amide) rings is 1. The highest BCUT2D eigenvalue weighted by atomic mass is 32.2. The average Bonchev–Trinajstić information content (AvgIpc) is 3.68. The van der Waals surface area contributed by atoms with Gasteiger partial charge in [0.2, 0.25) is 5.60 Å². The van der Waals surface area contributed by atoms with Crippen LogP contribution in [0.5, 0.6) is 0 Å². The Morgan fingerprint density at radius 2 is 2.07 bits per heavy atom. The molecule has 2 aromatic rings. The standard InChI is InChI=1S/C22H32N10O8S2/c1-12(25-8-4-7-23)13-9-26-31(29-13)10-15-17(19(34)32(15)42(37,38)39)28-18(33)16(14-11-41-21(24)27-14)30-40-22(20(35)36)5-2-3-6-22/h9,11-12,15,17,25H,2-8,10,23H2,1H3,(H2,24,27)(H,28,33)(H,35,36)(H,37,38,39)/b30-16-/t12-,15+,17-/m0/s1. The van der Waals surface area contributed by atoms with Crippen molar-refractivity contribution in [3.05, 3.63) is 23.0 Å². The highest BCUT2D eigenvalue weighted by molar-refractivity contribution is 7.84. The summed E-state index contributed by atoms with van der Waals surface area (Å²) in [6.07, 6.45) is 3.72. The minimum Gasteiger partial charge on any atom is -0.478 e. The summed E-state index contributed by atoms with van der Waals surface area (Å²) in [4.78, 5) is 48.6. The van der Waals surface area contributed by atoms with Crippen LogP contribution in [0.1, 0.15) is 56.5 Å². The number of carbonyl (C=O) groups is 3. The molecule has 42 heavy (non-hydrogen) atoms. The van der Waals surface area contributed by atoms with Crippen molar-refractivity contribution in [2.45, 2.75) is 69.3 Å². The number of amides is 2. The molecule has 8 N–H and O–H groups in total. The summed E-state index contributed by atoms with van der Waals surface area (Å²) in [6.45, 7) is 2.69. The molecule has 230 valence electrons. The van der Waals surface area contributed by atoms with Crippen molar-refractivity contribution in [2.24, 2.45) is 10.9 Å². The van der Waals surface area contributed by atoms with Gasteiger partial charge in [0.05, 0.1) is 24.5 Å². The molecular weight excluding hydrogens is 596 g/mol. The number of rotatable bonds is 14. The lowest BCUT2D eigenvalue weighted by Crippen LogP contribution is -2.73. The van der Waals surface area contributed by atoms with E-state index in [0.717, 1.165) is 22.6 Å². The first-order valence-corrected chi connectivity index (χ1v) is 15.3. The largest absolute Gasteiger partial charge is 0.478 e. The zero-order chi connectivity index (χ0) is 30.7. The molecule has 2 aromatic heterocycles. The minimum atomic E-state index is -4.99. The number of nitrogen functional groups attached to an aromatic ring is 1. The lowest BCUT2D eigenvalue weighted by atomic mass is 9.98. The Morgan fingerprint density at radius 3 is 2.67 bits per heavy atom. The number of carboxylic acid groups (broad SMARTS) is 1. The molecule has 3 heterocycles. The van der Waals surface area contributed by atoms with Crippen molar-refractivity contribution in [3.63, 3.8) is 0 Å². The molecule has 1 aliphatic heterocycles. The summed E-state index contributed by atoms with van der Waals surface area (Å²) in [7, 11) is -4.99. The quantitative estimate of drug-likeness (QED) is 0.0463. The van der Waals surface area contributed by atoms with E-state index in [9.17, 15) is 32.5 Å². The maximum absolute atomic E-state index is 13.4. The number of oxime groups is 1. The first-order chi connectivity index (χ1) is 19.9. The van der Waals surface area contributed by atoms with Crippen LogP contribution in [0.15, 0.2) is 16.7 Å². The number of anilines is 1. The van der Waals surface area contributed by atoms with Crippen LogP contribution in [-0.4, -0.2) is 96.6 Å². The number of aliphatic carboxylic acids is 1. The topological polar surface area (TPSA) is 270 Å². The predicted octanol–water partition coefficient (Wildman–Crippen LogP) is -1.37. The predicted molar refractivity (Wildman–Crippen MR) is 147 cm³/mol. The first kappa shape index (κ1) is 31.2. The fourth-order valence-electron chi connectivity index (χ4n) is 4.66. The molecule has 1 aliphatic carbocycles. The lowest BCUT2D eigenvalue weighted by Gasteiger charge is -2.43. The van der Waals surface area contributed by atoms with E-state index in [2.05, 4.69) is 31.0 Å². The van der Waals surface area contributed by atoms with Crippen molar-refractivity contribution < 1.29 is 37.3 Å². The van der Waals surface area contributed by atoms with Crippen molar-refractivity contribution in [1.82, 2.24) is 34.9 Å². The summed E-state index contributed by atoms with van der Waals surface area (Å²) in [5.41, 5.74) is 9.60. The van der Waals surface area contributed by atoms with Crippen molar-refractivity contribution in [3.8, 4) is 0 Å². The van der Waals surface area contributed by atoms with E-state index < -0.39 is 51.5 Å². The van der Waals surface area contributed by atoms with Gasteiger partial charge >= 0.3 is 16.3 Å². The van der Waals surface area contributed by atoms with Gasteiger partial charge in [-0.1, -0.05) is 5.16 Å². The van der Waals surface area contributed by atoms with Crippen molar-refractivity contribution >= 4 is 50.3 Å². The molecule has 4 rings (SSSR count). The first-order valence-electron chi connectivity index (χ1n) is 13.0. The van der Waals surface area contributed by atoms with E-state index in [0.29, 0.717) is 31.6 Å². The van der Waals surface area contributed by atoms with E-state index in [1.54, 1.807) is 0 Å². The molecular formula is C22H32N10O8S2. The molecule has 2 fully saturated rings. The molecule has 3 atom stereocenters. The smallest absolute Gasteiger partial charge is 0.362 e. The fraction of sp³-hybridized carbons (Fsp3) is 0.591. The van der Waals surface area contributed by atoms with Gasteiger partial charge in [-0.3, -0.25) is 14.1 Å². The number of carboxylic acids is 1. The summed E-state index contributed by atoms with van der Waals surface area (Å²) in [6, 6.07) is -2.96. The number of aromatic nitrogens is 4. The Kier molecular flexibility index (Phi) is 9.40. The van der Waals surface area contributed by atoms with Crippen LogP contribution < -0.4 is 22.1 Å². The SMILES string of the molecule is C[C@H](NCCCN)c1cnn(C[C@@H]2[C@H](NC(=O)/C(=N\OC3(C(=O)O)CCCC3)c3csc(N)n3)C(=O)N2S(=O)(=O)O)n1. The second kappa shape index (κ2) is 12.7. The highest BCUT2D eigenvalue weighted by Gasteiger charge is 2.55. The van der Waals surface area contributed by atoms with E-state index in [1.165, 1.54) is 11.6 Å².